The second kappa shape index (κ2) is 4.82. The molecule has 1 atom stereocenters. The topological polar surface area (TPSA) is 71.8 Å². The summed E-state index contributed by atoms with van der Waals surface area (Å²) in [4.78, 5) is 18.1. The summed E-state index contributed by atoms with van der Waals surface area (Å²) in [5.74, 6) is 0.891. The van der Waals surface area contributed by atoms with E-state index in [1.807, 2.05) is 31.2 Å². The van der Waals surface area contributed by atoms with Crippen molar-refractivity contribution in [2.75, 3.05) is 5.73 Å². The Labute approximate surface area is 99.5 Å². The summed E-state index contributed by atoms with van der Waals surface area (Å²) in [7, 11) is 0. The molecule has 0 amide bonds. The average molecular weight is 229 g/mol. The molecule has 0 saturated heterocycles. The molecule has 0 spiro atoms. The predicted molar refractivity (Wildman–Crippen MR) is 67.8 cm³/mol. The zero-order valence-electron chi connectivity index (χ0n) is 9.68. The van der Waals surface area contributed by atoms with Crippen LogP contribution < -0.4 is 11.3 Å². The number of anilines is 1. The molecular formula is C13H15N3O. The summed E-state index contributed by atoms with van der Waals surface area (Å²) in [5, 5.41) is 0. The Kier molecular flexibility index (Phi) is 3.23. The number of nitrogens with zero attached hydrogens (tertiary/aromatic N) is 1. The van der Waals surface area contributed by atoms with Crippen LogP contribution in [-0.2, 0) is 6.42 Å². The van der Waals surface area contributed by atoms with Gasteiger partial charge >= 0.3 is 0 Å². The van der Waals surface area contributed by atoms with E-state index in [0.717, 1.165) is 12.1 Å². The molecule has 88 valence electrons. The van der Waals surface area contributed by atoms with E-state index in [9.17, 15) is 4.79 Å². The second-order valence-corrected chi connectivity index (χ2v) is 4.17. The van der Waals surface area contributed by atoms with Crippen molar-refractivity contribution in [1.82, 2.24) is 9.97 Å². The Morgan fingerprint density at radius 1 is 1.29 bits per heavy atom. The SMILES string of the molecule is CC(Cc1ccc(N)cc1)c1nccc(=O)[nH]1. The van der Waals surface area contributed by atoms with Crippen LogP contribution in [0.1, 0.15) is 24.2 Å². The lowest BCUT2D eigenvalue weighted by Gasteiger charge is -2.10. The molecule has 4 heteroatoms. The number of nitrogen functional groups attached to an aromatic ring is 1. The highest BCUT2D eigenvalue weighted by Gasteiger charge is 2.08. The molecule has 1 aromatic heterocycles. The molecule has 0 aliphatic rings. The first kappa shape index (κ1) is 11.4. The molecule has 2 rings (SSSR count). The third-order valence-electron chi connectivity index (χ3n) is 2.68. The van der Waals surface area contributed by atoms with Crippen LogP contribution in [0.5, 0.6) is 0 Å². The number of aromatic nitrogens is 2. The highest BCUT2D eigenvalue weighted by atomic mass is 16.1. The van der Waals surface area contributed by atoms with Crippen molar-refractivity contribution >= 4 is 5.69 Å². The summed E-state index contributed by atoms with van der Waals surface area (Å²) in [6, 6.07) is 9.16. The van der Waals surface area contributed by atoms with Gasteiger partial charge in [0.2, 0.25) is 0 Å². The number of hydrogen-bond acceptors (Lipinski definition) is 3. The molecule has 0 aliphatic carbocycles. The van der Waals surface area contributed by atoms with E-state index in [2.05, 4.69) is 9.97 Å². The van der Waals surface area contributed by atoms with Gasteiger partial charge in [0.15, 0.2) is 0 Å². The van der Waals surface area contributed by atoms with E-state index in [1.165, 1.54) is 17.8 Å². The van der Waals surface area contributed by atoms with Crippen LogP contribution in [0.4, 0.5) is 5.69 Å². The minimum absolute atomic E-state index is 0.112. The van der Waals surface area contributed by atoms with Crippen molar-refractivity contribution in [1.29, 1.82) is 0 Å². The molecule has 0 bridgehead atoms. The molecule has 0 radical (unpaired) electrons. The fraction of sp³-hybridized carbons (Fsp3) is 0.231. The Bertz CT molecular complexity index is 545. The fourth-order valence-corrected chi connectivity index (χ4v) is 1.74. The first-order chi connectivity index (χ1) is 8.15. The molecule has 1 unspecified atom stereocenters. The summed E-state index contributed by atoms with van der Waals surface area (Å²) in [6.07, 6.45) is 2.36. The van der Waals surface area contributed by atoms with Gasteiger partial charge < -0.3 is 10.7 Å². The molecule has 1 aromatic carbocycles. The molecular weight excluding hydrogens is 214 g/mol. The first-order valence-electron chi connectivity index (χ1n) is 5.55. The zero-order valence-corrected chi connectivity index (χ0v) is 9.68. The number of nitrogens with two attached hydrogens (primary N) is 1. The van der Waals surface area contributed by atoms with E-state index in [0.29, 0.717) is 5.82 Å². The minimum Gasteiger partial charge on any atom is -0.399 e. The summed E-state index contributed by atoms with van der Waals surface area (Å²) in [5.41, 5.74) is 7.45. The fourth-order valence-electron chi connectivity index (χ4n) is 1.74. The van der Waals surface area contributed by atoms with Gasteiger partial charge in [0.05, 0.1) is 0 Å². The Balaban J connectivity index is 2.14. The largest absolute Gasteiger partial charge is 0.399 e. The van der Waals surface area contributed by atoms with Gasteiger partial charge in [-0.05, 0) is 24.1 Å². The number of hydrogen-bond donors (Lipinski definition) is 2. The van der Waals surface area contributed by atoms with E-state index in [4.69, 9.17) is 5.73 Å². The third kappa shape index (κ3) is 2.93. The maximum atomic E-state index is 11.2. The number of nitrogens with one attached hydrogen (secondary N) is 1. The maximum absolute atomic E-state index is 11.2. The summed E-state index contributed by atoms with van der Waals surface area (Å²) >= 11 is 0. The van der Waals surface area contributed by atoms with Crippen molar-refractivity contribution < 1.29 is 0 Å². The molecule has 1 heterocycles. The van der Waals surface area contributed by atoms with Gasteiger partial charge in [-0.2, -0.15) is 0 Å². The van der Waals surface area contributed by atoms with E-state index in [-0.39, 0.29) is 11.5 Å². The lowest BCUT2D eigenvalue weighted by Crippen LogP contribution is -2.12. The second-order valence-electron chi connectivity index (χ2n) is 4.17. The van der Waals surface area contributed by atoms with Crippen molar-refractivity contribution in [3.05, 3.63) is 58.3 Å². The highest BCUT2D eigenvalue weighted by Crippen LogP contribution is 2.16. The molecule has 0 fully saturated rings. The van der Waals surface area contributed by atoms with Gasteiger partial charge in [0.25, 0.3) is 5.56 Å². The van der Waals surface area contributed by atoms with Crippen molar-refractivity contribution in [3.63, 3.8) is 0 Å². The van der Waals surface area contributed by atoms with Gasteiger partial charge in [-0.1, -0.05) is 19.1 Å². The number of benzene rings is 1. The summed E-state index contributed by atoms with van der Waals surface area (Å²) < 4.78 is 0. The lowest BCUT2D eigenvalue weighted by atomic mass is 10.0. The van der Waals surface area contributed by atoms with Crippen LogP contribution in [0.15, 0.2) is 41.3 Å². The van der Waals surface area contributed by atoms with Crippen LogP contribution in [-0.4, -0.2) is 9.97 Å². The standard InChI is InChI=1S/C13H15N3O/c1-9(13-15-7-6-12(17)16-13)8-10-2-4-11(14)5-3-10/h2-7,9H,8,14H2,1H3,(H,15,16,17). The van der Waals surface area contributed by atoms with Crippen LogP contribution >= 0.6 is 0 Å². The predicted octanol–water partition coefficient (Wildman–Crippen LogP) is 1.70. The van der Waals surface area contributed by atoms with Crippen molar-refractivity contribution in [2.45, 2.75) is 19.3 Å². The van der Waals surface area contributed by atoms with Gasteiger partial charge in [0, 0.05) is 23.9 Å². The Morgan fingerprint density at radius 3 is 2.65 bits per heavy atom. The number of H-pyrrole nitrogens is 1. The van der Waals surface area contributed by atoms with E-state index < -0.39 is 0 Å². The van der Waals surface area contributed by atoms with Gasteiger partial charge in [-0.15, -0.1) is 0 Å². The molecule has 0 saturated carbocycles. The van der Waals surface area contributed by atoms with Crippen LogP contribution in [0.2, 0.25) is 0 Å². The maximum Gasteiger partial charge on any atom is 0.250 e. The van der Waals surface area contributed by atoms with E-state index in [1.54, 1.807) is 0 Å². The quantitative estimate of drug-likeness (QED) is 0.787. The number of aromatic amines is 1. The first-order valence-corrected chi connectivity index (χ1v) is 5.55. The molecule has 0 aliphatic heterocycles. The Morgan fingerprint density at radius 2 is 2.00 bits per heavy atom. The average Bonchev–Trinajstić information content (AvgIpc) is 2.32. The zero-order chi connectivity index (χ0) is 12.3. The molecule has 4 nitrogen and oxygen atoms in total. The van der Waals surface area contributed by atoms with Crippen molar-refractivity contribution in [2.24, 2.45) is 0 Å². The lowest BCUT2D eigenvalue weighted by molar-refractivity contribution is 0.693. The van der Waals surface area contributed by atoms with Crippen molar-refractivity contribution in [3.8, 4) is 0 Å². The van der Waals surface area contributed by atoms with Crippen LogP contribution in [0.25, 0.3) is 0 Å². The van der Waals surface area contributed by atoms with Crippen LogP contribution in [0, 0.1) is 0 Å². The monoisotopic (exact) mass is 229 g/mol. The number of rotatable bonds is 3. The van der Waals surface area contributed by atoms with Gasteiger partial charge in [-0.3, -0.25) is 4.79 Å². The third-order valence-corrected chi connectivity index (χ3v) is 2.68. The smallest absolute Gasteiger partial charge is 0.250 e. The van der Waals surface area contributed by atoms with Gasteiger partial charge in [-0.25, -0.2) is 4.98 Å². The molecule has 17 heavy (non-hydrogen) atoms. The minimum atomic E-state index is -0.112. The Hall–Kier alpha value is -2.10. The molecule has 3 N–H and O–H groups in total. The normalized spacial score (nSPS) is 12.3. The highest BCUT2D eigenvalue weighted by molar-refractivity contribution is 5.39. The van der Waals surface area contributed by atoms with E-state index >= 15 is 0 Å². The van der Waals surface area contributed by atoms with Gasteiger partial charge in [0.1, 0.15) is 5.82 Å². The summed E-state index contributed by atoms with van der Waals surface area (Å²) in [6.45, 7) is 2.04. The molecule has 2 aromatic rings. The van der Waals surface area contributed by atoms with Crippen LogP contribution in [0.3, 0.4) is 0 Å².